The summed E-state index contributed by atoms with van der Waals surface area (Å²) in [5.74, 6) is 0.523. The number of esters is 1. The second-order valence-corrected chi connectivity index (χ2v) is 7.30. The van der Waals surface area contributed by atoms with Crippen LogP contribution in [0.25, 0.3) is 0 Å². The zero-order chi connectivity index (χ0) is 18.5. The van der Waals surface area contributed by atoms with Crippen molar-refractivity contribution in [3.8, 4) is 0 Å². The summed E-state index contributed by atoms with van der Waals surface area (Å²) < 4.78 is 5.10. The molecule has 1 aromatic heterocycles. The van der Waals surface area contributed by atoms with Crippen LogP contribution >= 0.6 is 11.6 Å². The molecular formula is C19H26ClN3O3. The van der Waals surface area contributed by atoms with E-state index in [1.807, 2.05) is 11.8 Å². The van der Waals surface area contributed by atoms with Crippen LogP contribution in [-0.2, 0) is 9.53 Å². The molecule has 0 unspecified atom stereocenters. The average Bonchev–Trinajstić information content (AvgIpc) is 2.68. The Morgan fingerprint density at radius 3 is 2.50 bits per heavy atom. The van der Waals surface area contributed by atoms with Gasteiger partial charge >= 0.3 is 5.97 Å². The molecule has 0 spiro atoms. The van der Waals surface area contributed by atoms with Gasteiger partial charge < -0.3 is 14.5 Å². The molecule has 0 radical (unpaired) electrons. The van der Waals surface area contributed by atoms with Crippen molar-refractivity contribution in [1.82, 2.24) is 9.88 Å². The van der Waals surface area contributed by atoms with E-state index in [0.717, 1.165) is 38.8 Å². The molecule has 26 heavy (non-hydrogen) atoms. The third-order valence-corrected chi connectivity index (χ3v) is 5.40. The first kappa shape index (κ1) is 19.0. The van der Waals surface area contributed by atoms with Crippen molar-refractivity contribution in [2.45, 2.75) is 39.0 Å². The summed E-state index contributed by atoms with van der Waals surface area (Å²) >= 11 is 6.43. The van der Waals surface area contributed by atoms with E-state index in [4.69, 9.17) is 16.3 Å². The number of rotatable bonds is 4. The lowest BCUT2D eigenvalue weighted by Gasteiger charge is -2.32. The summed E-state index contributed by atoms with van der Waals surface area (Å²) in [6.07, 6.45) is 6.37. The number of hydrogen-bond donors (Lipinski definition) is 0. The number of nitrogens with zero attached hydrogens (tertiary/aromatic N) is 3. The molecule has 142 valence electrons. The molecule has 0 aromatic carbocycles. The largest absolute Gasteiger partial charge is 0.466 e. The molecule has 0 atom stereocenters. The van der Waals surface area contributed by atoms with Crippen molar-refractivity contribution in [3.63, 3.8) is 0 Å². The van der Waals surface area contributed by atoms with Crippen LogP contribution in [0, 0.1) is 5.92 Å². The first-order valence-corrected chi connectivity index (χ1v) is 9.84. The van der Waals surface area contributed by atoms with Gasteiger partial charge in [0.25, 0.3) is 5.91 Å². The molecule has 0 saturated carbocycles. The second kappa shape index (κ2) is 8.71. The molecule has 3 rings (SSSR count). The number of ether oxygens (including phenoxy) is 1. The lowest BCUT2D eigenvalue weighted by atomic mass is 9.97. The normalized spacial score (nSPS) is 18.7. The molecule has 2 saturated heterocycles. The Hall–Kier alpha value is -1.82. The zero-order valence-electron chi connectivity index (χ0n) is 15.2. The van der Waals surface area contributed by atoms with E-state index >= 15 is 0 Å². The fourth-order valence-corrected chi connectivity index (χ4v) is 3.93. The van der Waals surface area contributed by atoms with Gasteiger partial charge in [-0.25, -0.2) is 4.98 Å². The maximum Gasteiger partial charge on any atom is 0.309 e. The van der Waals surface area contributed by atoms with Crippen LogP contribution in [0.1, 0.15) is 49.4 Å². The van der Waals surface area contributed by atoms with Gasteiger partial charge in [0.1, 0.15) is 5.82 Å². The summed E-state index contributed by atoms with van der Waals surface area (Å²) in [4.78, 5) is 32.8. The van der Waals surface area contributed by atoms with Gasteiger partial charge in [-0.2, -0.15) is 0 Å². The van der Waals surface area contributed by atoms with Crippen molar-refractivity contribution >= 4 is 29.3 Å². The SMILES string of the molecule is CCOC(=O)C1CCN(c2ncc(C(=O)N3CCCCC3)cc2Cl)CC1. The number of aromatic nitrogens is 1. The Labute approximate surface area is 159 Å². The number of pyridine rings is 1. The lowest BCUT2D eigenvalue weighted by molar-refractivity contribution is -0.148. The number of anilines is 1. The molecule has 0 bridgehead atoms. The van der Waals surface area contributed by atoms with Crippen LogP contribution in [0.2, 0.25) is 5.02 Å². The highest BCUT2D eigenvalue weighted by molar-refractivity contribution is 6.33. The van der Waals surface area contributed by atoms with Crippen LogP contribution in [0.15, 0.2) is 12.3 Å². The molecule has 2 fully saturated rings. The Balaban J connectivity index is 1.63. The minimum atomic E-state index is -0.117. The van der Waals surface area contributed by atoms with Crippen molar-refractivity contribution in [2.75, 3.05) is 37.7 Å². The molecule has 7 heteroatoms. The van der Waals surface area contributed by atoms with Crippen molar-refractivity contribution < 1.29 is 14.3 Å². The highest BCUT2D eigenvalue weighted by atomic mass is 35.5. The number of hydrogen-bond acceptors (Lipinski definition) is 5. The Kier molecular flexibility index (Phi) is 6.35. The van der Waals surface area contributed by atoms with Crippen molar-refractivity contribution in [1.29, 1.82) is 0 Å². The Morgan fingerprint density at radius 1 is 1.19 bits per heavy atom. The topological polar surface area (TPSA) is 62.7 Å². The monoisotopic (exact) mass is 379 g/mol. The van der Waals surface area contributed by atoms with E-state index in [-0.39, 0.29) is 17.8 Å². The molecular weight excluding hydrogens is 354 g/mol. The van der Waals surface area contributed by atoms with Crippen LogP contribution < -0.4 is 4.90 Å². The molecule has 1 aromatic rings. The number of likely N-dealkylation sites (tertiary alicyclic amines) is 1. The van der Waals surface area contributed by atoms with Gasteiger partial charge in [0.2, 0.25) is 0 Å². The molecule has 0 aliphatic carbocycles. The highest BCUT2D eigenvalue weighted by Gasteiger charge is 2.28. The van der Waals surface area contributed by atoms with Gasteiger partial charge in [-0.15, -0.1) is 0 Å². The third-order valence-electron chi connectivity index (χ3n) is 5.13. The number of amides is 1. The first-order valence-electron chi connectivity index (χ1n) is 9.46. The van der Waals surface area contributed by atoms with Crippen molar-refractivity contribution in [3.05, 3.63) is 22.8 Å². The van der Waals surface area contributed by atoms with Crippen LogP contribution in [0.5, 0.6) is 0 Å². The van der Waals surface area contributed by atoms with Gasteiger partial charge in [0.05, 0.1) is 23.1 Å². The van der Waals surface area contributed by atoms with E-state index in [1.165, 1.54) is 6.42 Å². The summed E-state index contributed by atoms with van der Waals surface area (Å²) in [5, 5.41) is 0.488. The Bertz CT molecular complexity index is 653. The highest BCUT2D eigenvalue weighted by Crippen LogP contribution is 2.29. The van der Waals surface area contributed by atoms with Gasteiger partial charge in [-0.1, -0.05) is 11.6 Å². The Morgan fingerprint density at radius 2 is 1.88 bits per heavy atom. The van der Waals surface area contributed by atoms with Gasteiger partial charge in [-0.05, 0) is 45.1 Å². The van der Waals surface area contributed by atoms with Crippen LogP contribution in [-0.4, -0.2) is 54.5 Å². The molecule has 3 heterocycles. The first-order chi connectivity index (χ1) is 12.6. The predicted octanol–water partition coefficient (Wildman–Crippen LogP) is 3.14. The molecule has 1 amide bonds. The minimum absolute atomic E-state index is 0.00618. The van der Waals surface area contributed by atoms with Crippen LogP contribution in [0.4, 0.5) is 5.82 Å². The minimum Gasteiger partial charge on any atom is -0.466 e. The smallest absolute Gasteiger partial charge is 0.309 e. The third kappa shape index (κ3) is 4.29. The standard InChI is InChI=1S/C19H26ClN3O3/c1-2-26-19(25)14-6-10-22(11-7-14)17-16(20)12-15(13-21-17)18(24)23-8-4-3-5-9-23/h12-14H,2-11H2,1H3. The summed E-state index contributed by atoms with van der Waals surface area (Å²) in [5.41, 5.74) is 0.544. The zero-order valence-corrected chi connectivity index (χ0v) is 16.0. The van der Waals surface area contributed by atoms with E-state index in [1.54, 1.807) is 12.3 Å². The molecule has 6 nitrogen and oxygen atoms in total. The quantitative estimate of drug-likeness (QED) is 0.752. The summed E-state index contributed by atoms with van der Waals surface area (Å²) in [7, 11) is 0. The lowest BCUT2D eigenvalue weighted by Crippen LogP contribution is -2.38. The fourth-order valence-electron chi connectivity index (χ4n) is 3.65. The van der Waals surface area contributed by atoms with Gasteiger partial charge in [0, 0.05) is 32.4 Å². The maximum atomic E-state index is 12.6. The van der Waals surface area contributed by atoms with E-state index in [0.29, 0.717) is 36.1 Å². The van der Waals surface area contributed by atoms with Crippen molar-refractivity contribution in [2.24, 2.45) is 5.92 Å². The number of halogens is 1. The van der Waals surface area contributed by atoms with E-state index in [2.05, 4.69) is 9.88 Å². The number of carbonyl (C=O) groups is 2. The number of piperidine rings is 2. The van der Waals surface area contributed by atoms with Crippen LogP contribution in [0.3, 0.4) is 0 Å². The average molecular weight is 380 g/mol. The summed E-state index contributed by atoms with van der Waals surface area (Å²) in [6, 6.07) is 1.72. The van der Waals surface area contributed by atoms with Gasteiger partial charge in [0.15, 0.2) is 0 Å². The molecule has 2 aliphatic rings. The van der Waals surface area contributed by atoms with E-state index in [9.17, 15) is 9.59 Å². The summed E-state index contributed by atoms with van der Waals surface area (Å²) in [6.45, 7) is 5.26. The van der Waals surface area contributed by atoms with Gasteiger partial charge in [-0.3, -0.25) is 9.59 Å². The number of carbonyl (C=O) groups excluding carboxylic acids is 2. The molecule has 2 aliphatic heterocycles. The maximum absolute atomic E-state index is 12.6. The molecule has 0 N–H and O–H groups in total. The predicted molar refractivity (Wildman–Crippen MR) is 101 cm³/mol. The van der Waals surface area contributed by atoms with E-state index < -0.39 is 0 Å². The second-order valence-electron chi connectivity index (χ2n) is 6.90. The fraction of sp³-hybridized carbons (Fsp3) is 0.632.